The highest BCUT2D eigenvalue weighted by Gasteiger charge is 2.28. The number of Topliss-reactive ketones (excluding diaryl/α,β-unsaturated/α-hetero) is 1. The Kier molecular flexibility index (Phi) is 4.60. The maximum absolute atomic E-state index is 11.9. The lowest BCUT2D eigenvalue weighted by Gasteiger charge is -2.16. The van der Waals surface area contributed by atoms with Crippen LogP contribution < -0.4 is 0 Å². The van der Waals surface area contributed by atoms with Gasteiger partial charge in [-0.2, -0.15) is 4.98 Å². The van der Waals surface area contributed by atoms with Crippen LogP contribution in [0.4, 0.5) is 0 Å². The molecule has 0 aliphatic heterocycles. The molecule has 2 aromatic rings. The Labute approximate surface area is 132 Å². The molecule has 1 unspecified atom stereocenters. The Bertz CT molecular complexity index is 627. The van der Waals surface area contributed by atoms with Crippen molar-refractivity contribution in [2.75, 3.05) is 0 Å². The largest absolute Gasteiger partial charge is 0.339 e. The van der Waals surface area contributed by atoms with Crippen molar-refractivity contribution in [2.24, 2.45) is 0 Å². The van der Waals surface area contributed by atoms with Gasteiger partial charge in [-0.1, -0.05) is 23.2 Å². The lowest BCUT2D eigenvalue weighted by atomic mass is 9.88. The fourth-order valence-electron chi connectivity index (χ4n) is 2.39. The molecule has 1 aliphatic carbocycles. The van der Waals surface area contributed by atoms with E-state index in [1.54, 1.807) is 11.8 Å². The number of carbonyl (C=O) groups excluding carboxylic acids is 1. The summed E-state index contributed by atoms with van der Waals surface area (Å²) in [4.78, 5) is 17.3. The first-order valence-electron chi connectivity index (χ1n) is 6.96. The van der Waals surface area contributed by atoms with Crippen molar-refractivity contribution in [1.29, 1.82) is 0 Å². The lowest BCUT2D eigenvalue weighted by Crippen LogP contribution is -2.17. The van der Waals surface area contributed by atoms with E-state index in [1.165, 1.54) is 0 Å². The third-order valence-electron chi connectivity index (χ3n) is 3.52. The maximum atomic E-state index is 11.9. The zero-order chi connectivity index (χ0) is 14.7. The maximum Gasteiger partial charge on any atom is 0.237 e. The van der Waals surface area contributed by atoms with Crippen molar-refractivity contribution >= 4 is 29.1 Å². The Hall–Kier alpha value is -1.33. The number of ketones is 1. The summed E-state index contributed by atoms with van der Waals surface area (Å²) in [6.07, 6.45) is 3.48. The summed E-state index contributed by atoms with van der Waals surface area (Å²) in [5.41, 5.74) is 0. The van der Waals surface area contributed by atoms with Crippen molar-refractivity contribution in [3.05, 3.63) is 41.0 Å². The van der Waals surface area contributed by atoms with Crippen LogP contribution in [0.25, 0.3) is 0 Å². The van der Waals surface area contributed by atoms with E-state index in [1.807, 2.05) is 24.3 Å². The van der Waals surface area contributed by atoms with Gasteiger partial charge in [0.2, 0.25) is 5.89 Å². The van der Waals surface area contributed by atoms with E-state index in [9.17, 15) is 4.79 Å². The molecule has 1 aliphatic rings. The fraction of sp³-hybridized carbons (Fsp3) is 0.400. The fourth-order valence-corrected chi connectivity index (χ4v) is 3.26. The summed E-state index contributed by atoms with van der Waals surface area (Å²) in [7, 11) is 0. The van der Waals surface area contributed by atoms with E-state index < -0.39 is 0 Å². The smallest absolute Gasteiger partial charge is 0.237 e. The molecule has 4 nitrogen and oxygen atoms in total. The average molecular weight is 323 g/mol. The van der Waals surface area contributed by atoms with E-state index in [2.05, 4.69) is 10.1 Å². The molecule has 21 heavy (non-hydrogen) atoms. The van der Waals surface area contributed by atoms with Crippen molar-refractivity contribution in [1.82, 2.24) is 10.1 Å². The molecular formula is C15H15ClN2O2S. The molecule has 0 bridgehead atoms. The molecular weight excluding hydrogens is 308 g/mol. The first kappa shape index (κ1) is 14.6. The minimum atomic E-state index is -0.194. The van der Waals surface area contributed by atoms with Crippen LogP contribution >= 0.6 is 23.4 Å². The molecule has 0 amide bonds. The normalized spacial score (nSPS) is 18.9. The molecule has 0 spiro atoms. The second kappa shape index (κ2) is 6.62. The zero-order valence-electron chi connectivity index (χ0n) is 11.4. The number of benzene rings is 1. The molecule has 1 fully saturated rings. The highest BCUT2D eigenvalue weighted by atomic mass is 35.5. The molecule has 1 heterocycles. The van der Waals surface area contributed by atoms with Crippen molar-refractivity contribution in [3.63, 3.8) is 0 Å². The number of aromatic nitrogens is 2. The summed E-state index contributed by atoms with van der Waals surface area (Å²) in [6.45, 7) is 0. The van der Waals surface area contributed by atoms with Crippen molar-refractivity contribution in [2.45, 2.75) is 42.2 Å². The highest BCUT2D eigenvalue weighted by molar-refractivity contribution is 7.98. The number of hydrogen-bond donors (Lipinski definition) is 0. The average Bonchev–Trinajstić information content (AvgIpc) is 2.96. The Morgan fingerprint density at radius 1 is 1.29 bits per heavy atom. The molecule has 0 N–H and O–H groups in total. The molecule has 1 atom stereocenters. The number of nitrogens with zero attached hydrogens (tertiary/aromatic N) is 2. The van der Waals surface area contributed by atoms with E-state index in [0.29, 0.717) is 23.9 Å². The van der Waals surface area contributed by atoms with Gasteiger partial charge in [-0.25, -0.2) is 0 Å². The second-order valence-corrected chi connectivity index (χ2v) is 6.54. The van der Waals surface area contributed by atoms with Crippen LogP contribution in [0.2, 0.25) is 5.02 Å². The molecule has 0 radical (unpaired) electrons. The molecule has 6 heteroatoms. The van der Waals surface area contributed by atoms with Gasteiger partial charge < -0.3 is 4.52 Å². The van der Waals surface area contributed by atoms with Crippen LogP contribution in [0, 0.1) is 0 Å². The van der Waals surface area contributed by atoms with Crippen molar-refractivity contribution < 1.29 is 9.32 Å². The van der Waals surface area contributed by atoms with E-state index in [4.69, 9.17) is 16.1 Å². The molecule has 1 saturated carbocycles. The lowest BCUT2D eigenvalue weighted by molar-refractivity contribution is -0.122. The van der Waals surface area contributed by atoms with Gasteiger partial charge in [0.1, 0.15) is 5.78 Å². The van der Waals surface area contributed by atoms with Gasteiger partial charge in [-0.05, 0) is 37.1 Å². The number of rotatable bonds is 4. The number of hydrogen-bond acceptors (Lipinski definition) is 5. The summed E-state index contributed by atoms with van der Waals surface area (Å²) in [6, 6.07) is 7.62. The summed E-state index contributed by atoms with van der Waals surface area (Å²) >= 11 is 7.47. The topological polar surface area (TPSA) is 56.0 Å². The molecule has 110 valence electrons. The van der Waals surface area contributed by atoms with Gasteiger partial charge in [0, 0.05) is 16.3 Å². The van der Waals surface area contributed by atoms with Crippen LogP contribution in [0.1, 0.15) is 43.3 Å². The van der Waals surface area contributed by atoms with Gasteiger partial charge in [-0.3, -0.25) is 4.79 Å². The Morgan fingerprint density at radius 3 is 2.86 bits per heavy atom. The molecule has 1 aromatic carbocycles. The summed E-state index contributed by atoms with van der Waals surface area (Å²) in [5.74, 6) is 1.75. The number of halogens is 1. The first-order valence-corrected chi connectivity index (χ1v) is 8.32. The minimum Gasteiger partial charge on any atom is -0.339 e. The summed E-state index contributed by atoms with van der Waals surface area (Å²) < 4.78 is 5.27. The van der Waals surface area contributed by atoms with Crippen LogP contribution in [0.3, 0.4) is 0 Å². The quantitative estimate of drug-likeness (QED) is 0.788. The predicted molar refractivity (Wildman–Crippen MR) is 81.5 cm³/mol. The van der Waals surface area contributed by atoms with Crippen LogP contribution in [-0.4, -0.2) is 15.9 Å². The SMILES string of the molecule is O=C1CCCCC1c1nc(CSc2ccc(Cl)cc2)no1. The Balaban J connectivity index is 1.62. The monoisotopic (exact) mass is 322 g/mol. The van der Waals surface area contributed by atoms with Crippen LogP contribution in [-0.2, 0) is 10.5 Å². The van der Waals surface area contributed by atoms with E-state index in [0.717, 1.165) is 29.2 Å². The standard InChI is InChI=1S/C15H15ClN2O2S/c16-10-5-7-11(8-6-10)21-9-14-17-15(20-18-14)12-3-1-2-4-13(12)19/h5-8,12H,1-4,9H2. The van der Waals surface area contributed by atoms with Crippen LogP contribution in [0.15, 0.2) is 33.7 Å². The number of carbonyl (C=O) groups is 1. The molecule has 1 aromatic heterocycles. The first-order chi connectivity index (χ1) is 10.2. The highest BCUT2D eigenvalue weighted by Crippen LogP contribution is 2.29. The van der Waals surface area contributed by atoms with Gasteiger partial charge in [0.05, 0.1) is 11.7 Å². The third-order valence-corrected chi connectivity index (χ3v) is 4.78. The molecule has 3 rings (SSSR count). The van der Waals surface area contributed by atoms with Gasteiger partial charge in [0.25, 0.3) is 0 Å². The summed E-state index contributed by atoms with van der Waals surface area (Å²) in [5, 5.41) is 4.69. The second-order valence-electron chi connectivity index (χ2n) is 5.06. The zero-order valence-corrected chi connectivity index (χ0v) is 13.0. The van der Waals surface area contributed by atoms with Gasteiger partial charge >= 0.3 is 0 Å². The third kappa shape index (κ3) is 3.66. The van der Waals surface area contributed by atoms with Gasteiger partial charge in [-0.15, -0.1) is 11.8 Å². The Morgan fingerprint density at radius 2 is 2.10 bits per heavy atom. The van der Waals surface area contributed by atoms with Gasteiger partial charge in [0.15, 0.2) is 5.82 Å². The predicted octanol–water partition coefficient (Wildman–Crippen LogP) is 4.24. The van der Waals surface area contributed by atoms with Crippen molar-refractivity contribution in [3.8, 4) is 0 Å². The number of thioether (sulfide) groups is 1. The van der Waals surface area contributed by atoms with E-state index in [-0.39, 0.29) is 11.7 Å². The van der Waals surface area contributed by atoms with E-state index >= 15 is 0 Å². The minimum absolute atomic E-state index is 0.194. The van der Waals surface area contributed by atoms with Crippen LogP contribution in [0.5, 0.6) is 0 Å². The molecule has 0 saturated heterocycles.